The summed E-state index contributed by atoms with van der Waals surface area (Å²) in [7, 11) is 0. The van der Waals surface area contributed by atoms with Gasteiger partial charge in [0, 0.05) is 10.0 Å². The number of ether oxygens (including phenoxy) is 1. The van der Waals surface area contributed by atoms with Crippen LogP contribution in [-0.2, 0) is 0 Å². The summed E-state index contributed by atoms with van der Waals surface area (Å²) in [5.74, 6) is 1.21. The van der Waals surface area contributed by atoms with Gasteiger partial charge in [-0.05, 0) is 66.2 Å². The molecular formula is C20H12Cl3N3OS. The van der Waals surface area contributed by atoms with E-state index in [2.05, 4.69) is 15.5 Å². The first-order valence-electron chi connectivity index (χ1n) is 8.15. The fourth-order valence-corrected chi connectivity index (χ4v) is 3.95. The van der Waals surface area contributed by atoms with Gasteiger partial charge in [-0.1, -0.05) is 46.1 Å². The van der Waals surface area contributed by atoms with Gasteiger partial charge >= 0.3 is 0 Å². The van der Waals surface area contributed by atoms with Gasteiger partial charge in [-0.15, -0.1) is 0 Å². The highest BCUT2D eigenvalue weighted by atomic mass is 35.5. The summed E-state index contributed by atoms with van der Waals surface area (Å²) in [6.07, 6.45) is 1.71. The van der Waals surface area contributed by atoms with E-state index >= 15 is 0 Å². The van der Waals surface area contributed by atoms with Gasteiger partial charge in [-0.2, -0.15) is 5.10 Å². The normalized spacial score (nSPS) is 11.2. The molecule has 0 aliphatic rings. The second-order valence-corrected chi connectivity index (χ2v) is 8.06. The molecule has 28 heavy (non-hydrogen) atoms. The Morgan fingerprint density at radius 2 is 1.68 bits per heavy atom. The Hall–Kier alpha value is -2.31. The van der Waals surface area contributed by atoms with Crippen molar-refractivity contribution in [2.45, 2.75) is 0 Å². The van der Waals surface area contributed by atoms with Crippen LogP contribution in [0, 0.1) is 0 Å². The topological polar surface area (TPSA) is 46.5 Å². The zero-order chi connectivity index (χ0) is 19.5. The van der Waals surface area contributed by atoms with Gasteiger partial charge in [0.25, 0.3) is 0 Å². The molecule has 140 valence electrons. The monoisotopic (exact) mass is 447 g/mol. The van der Waals surface area contributed by atoms with Crippen molar-refractivity contribution in [3.63, 3.8) is 0 Å². The predicted octanol–water partition coefficient (Wildman–Crippen LogP) is 7.49. The van der Waals surface area contributed by atoms with Gasteiger partial charge < -0.3 is 4.74 Å². The molecule has 0 saturated carbocycles. The third kappa shape index (κ3) is 4.56. The van der Waals surface area contributed by atoms with Gasteiger partial charge in [0.1, 0.15) is 11.5 Å². The molecule has 0 aliphatic heterocycles. The molecule has 0 aliphatic carbocycles. The van der Waals surface area contributed by atoms with Crippen molar-refractivity contribution in [3.05, 3.63) is 81.3 Å². The summed E-state index contributed by atoms with van der Waals surface area (Å²) in [4.78, 5) is 4.45. The van der Waals surface area contributed by atoms with Crippen LogP contribution in [0.5, 0.6) is 11.5 Å². The summed E-state index contributed by atoms with van der Waals surface area (Å²) < 4.78 is 6.77. The number of benzene rings is 3. The second kappa shape index (κ2) is 8.37. The Morgan fingerprint density at radius 1 is 0.929 bits per heavy atom. The molecule has 0 unspecified atom stereocenters. The van der Waals surface area contributed by atoms with Crippen LogP contribution in [0.1, 0.15) is 5.56 Å². The van der Waals surface area contributed by atoms with Crippen LogP contribution in [-0.4, -0.2) is 11.2 Å². The highest BCUT2D eigenvalue weighted by Gasteiger charge is 2.05. The van der Waals surface area contributed by atoms with E-state index in [1.54, 1.807) is 24.4 Å². The van der Waals surface area contributed by atoms with Crippen LogP contribution in [0.15, 0.2) is 65.8 Å². The maximum atomic E-state index is 6.12. The minimum atomic E-state index is 0.458. The molecule has 3 aromatic carbocycles. The van der Waals surface area contributed by atoms with Crippen molar-refractivity contribution in [2.24, 2.45) is 5.10 Å². The summed E-state index contributed by atoms with van der Waals surface area (Å²) in [5.41, 5.74) is 4.73. The molecule has 0 radical (unpaired) electrons. The van der Waals surface area contributed by atoms with Crippen molar-refractivity contribution >= 4 is 67.7 Å². The molecule has 0 amide bonds. The number of nitrogens with one attached hydrogen (secondary N) is 1. The second-order valence-electron chi connectivity index (χ2n) is 5.75. The number of hydrazone groups is 1. The fourth-order valence-electron chi connectivity index (χ4n) is 2.42. The van der Waals surface area contributed by atoms with E-state index in [1.165, 1.54) is 11.3 Å². The summed E-state index contributed by atoms with van der Waals surface area (Å²) in [5, 5.41) is 6.64. The van der Waals surface area contributed by atoms with E-state index in [0.717, 1.165) is 15.8 Å². The van der Waals surface area contributed by atoms with Gasteiger partial charge in [0.05, 0.1) is 21.5 Å². The number of rotatable bonds is 5. The number of hydrogen-bond donors (Lipinski definition) is 1. The van der Waals surface area contributed by atoms with Crippen molar-refractivity contribution in [2.75, 3.05) is 5.43 Å². The van der Waals surface area contributed by atoms with E-state index in [-0.39, 0.29) is 0 Å². The Kier molecular flexibility index (Phi) is 5.69. The summed E-state index contributed by atoms with van der Waals surface area (Å²) in [6, 6.07) is 18.1. The number of hydrogen-bond acceptors (Lipinski definition) is 5. The minimum Gasteiger partial charge on any atom is -0.456 e. The lowest BCUT2D eigenvalue weighted by Crippen LogP contribution is -1.90. The zero-order valence-electron chi connectivity index (χ0n) is 14.2. The molecule has 1 N–H and O–H groups in total. The first-order chi connectivity index (χ1) is 13.6. The molecular weight excluding hydrogens is 437 g/mol. The van der Waals surface area contributed by atoms with E-state index in [1.807, 2.05) is 42.5 Å². The number of thiazole rings is 1. The maximum Gasteiger partial charge on any atom is 0.204 e. The molecule has 1 heterocycles. The average molecular weight is 449 g/mol. The van der Waals surface area contributed by atoms with Crippen LogP contribution < -0.4 is 10.2 Å². The molecule has 0 saturated heterocycles. The fraction of sp³-hybridized carbons (Fsp3) is 0. The van der Waals surface area contributed by atoms with E-state index in [4.69, 9.17) is 39.5 Å². The van der Waals surface area contributed by atoms with Crippen molar-refractivity contribution < 1.29 is 4.74 Å². The van der Waals surface area contributed by atoms with E-state index in [9.17, 15) is 0 Å². The highest BCUT2D eigenvalue weighted by Crippen LogP contribution is 2.31. The van der Waals surface area contributed by atoms with Crippen molar-refractivity contribution in [1.29, 1.82) is 0 Å². The van der Waals surface area contributed by atoms with E-state index in [0.29, 0.717) is 31.7 Å². The largest absolute Gasteiger partial charge is 0.456 e. The lowest BCUT2D eigenvalue weighted by molar-refractivity contribution is 0.483. The Morgan fingerprint density at radius 3 is 2.46 bits per heavy atom. The number of aromatic nitrogens is 1. The summed E-state index contributed by atoms with van der Waals surface area (Å²) >= 11 is 19.5. The average Bonchev–Trinajstić information content (AvgIpc) is 3.07. The highest BCUT2D eigenvalue weighted by molar-refractivity contribution is 7.22. The lowest BCUT2D eigenvalue weighted by Gasteiger charge is -2.07. The number of nitrogens with zero attached hydrogens (tertiary/aromatic N) is 2. The van der Waals surface area contributed by atoms with Gasteiger partial charge in [-0.25, -0.2) is 4.98 Å². The number of halogens is 3. The van der Waals surface area contributed by atoms with Crippen LogP contribution in [0.3, 0.4) is 0 Å². The van der Waals surface area contributed by atoms with Crippen molar-refractivity contribution in [3.8, 4) is 11.5 Å². The molecule has 4 aromatic rings. The summed E-state index contributed by atoms with van der Waals surface area (Å²) in [6.45, 7) is 0. The van der Waals surface area contributed by atoms with Gasteiger partial charge in [-0.3, -0.25) is 5.43 Å². The van der Waals surface area contributed by atoms with Crippen molar-refractivity contribution in [1.82, 2.24) is 4.98 Å². The first-order valence-corrected chi connectivity index (χ1v) is 10.1. The number of fused-ring (bicyclic) bond motifs is 1. The van der Waals surface area contributed by atoms with Crippen LogP contribution in [0.4, 0.5) is 5.13 Å². The zero-order valence-corrected chi connectivity index (χ0v) is 17.3. The number of anilines is 1. The lowest BCUT2D eigenvalue weighted by atomic mass is 10.2. The standard InChI is InChI=1S/C20H12Cl3N3OS/c21-13-4-8-18(16(23)9-13)27-15-5-1-12(2-6-15)11-24-26-20-25-17-7-3-14(22)10-19(17)28-20/h1-11H,(H,25,26)/b24-11-. The third-order valence-electron chi connectivity index (χ3n) is 3.73. The van der Waals surface area contributed by atoms with Crippen LogP contribution in [0.25, 0.3) is 10.2 Å². The molecule has 0 bridgehead atoms. The molecule has 4 nitrogen and oxygen atoms in total. The Balaban J connectivity index is 1.40. The van der Waals surface area contributed by atoms with Crippen LogP contribution >= 0.6 is 46.1 Å². The molecule has 1 aromatic heterocycles. The first kappa shape index (κ1) is 19.0. The maximum absolute atomic E-state index is 6.12. The van der Waals surface area contributed by atoms with Gasteiger partial charge in [0.15, 0.2) is 0 Å². The molecule has 0 fully saturated rings. The predicted molar refractivity (Wildman–Crippen MR) is 119 cm³/mol. The third-order valence-corrected chi connectivity index (χ3v) is 5.41. The smallest absolute Gasteiger partial charge is 0.204 e. The molecule has 0 spiro atoms. The quantitative estimate of drug-likeness (QED) is 0.254. The molecule has 0 atom stereocenters. The molecule has 4 rings (SSSR count). The minimum absolute atomic E-state index is 0.458. The Labute approximate surface area is 180 Å². The SMILES string of the molecule is Clc1ccc(Oc2ccc(/C=N\Nc3nc4ccc(Cl)cc4s3)cc2)c(Cl)c1. The molecule has 8 heteroatoms. The van der Waals surface area contributed by atoms with Crippen LogP contribution in [0.2, 0.25) is 15.1 Å². The Bertz CT molecular complexity index is 1160. The van der Waals surface area contributed by atoms with E-state index < -0.39 is 0 Å². The van der Waals surface area contributed by atoms with Gasteiger partial charge in [0.2, 0.25) is 5.13 Å².